The molecule has 0 unspecified atom stereocenters. The zero-order valence-corrected chi connectivity index (χ0v) is 26.9. The molecule has 4 aliphatic rings. The number of aliphatic hydroxyl groups is 1. The number of hydrazine groups is 1. The Kier molecular flexibility index (Phi) is 7.30. The lowest BCUT2D eigenvalue weighted by Crippen LogP contribution is -2.53. The van der Waals surface area contributed by atoms with Crippen LogP contribution in [0.1, 0.15) is 41.4 Å². The fraction of sp³-hybridized carbons (Fsp3) is 0.263. The fourth-order valence-corrected chi connectivity index (χ4v) is 8.67. The van der Waals surface area contributed by atoms with Gasteiger partial charge in [0.25, 0.3) is 17.5 Å². The van der Waals surface area contributed by atoms with Crippen LogP contribution in [0.5, 0.6) is 0 Å². The van der Waals surface area contributed by atoms with Gasteiger partial charge in [0.2, 0.25) is 11.8 Å². The summed E-state index contributed by atoms with van der Waals surface area (Å²) in [6, 6.07) is 25.0. The summed E-state index contributed by atoms with van der Waals surface area (Å²) in [5, 5.41) is 22.3. The second-order valence-electron chi connectivity index (χ2n) is 13.3. The molecule has 2 N–H and O–H groups in total. The van der Waals surface area contributed by atoms with Crippen LogP contribution in [-0.4, -0.2) is 38.7 Å². The molecular weight excluding hydrogens is 640 g/mol. The van der Waals surface area contributed by atoms with Gasteiger partial charge in [0.05, 0.1) is 40.0 Å². The van der Waals surface area contributed by atoms with Crippen molar-refractivity contribution < 1.29 is 33.6 Å². The minimum Gasteiger partial charge on any atom is -0.463 e. The molecule has 0 radical (unpaired) electrons. The Morgan fingerprint density at radius 2 is 1.62 bits per heavy atom. The third-order valence-electron chi connectivity index (χ3n) is 10.8. The Hall–Kier alpha value is -5.88. The van der Waals surface area contributed by atoms with Gasteiger partial charge in [-0.15, -0.1) is 0 Å². The molecule has 1 aromatic heterocycles. The van der Waals surface area contributed by atoms with Crippen molar-refractivity contribution in [2.75, 3.05) is 10.3 Å². The molecule has 12 heteroatoms. The van der Waals surface area contributed by atoms with Crippen LogP contribution in [0.4, 0.5) is 17.1 Å². The average molecular weight is 673 g/mol. The van der Waals surface area contributed by atoms with E-state index in [0.717, 1.165) is 21.0 Å². The topological polar surface area (TPSA) is 163 Å². The van der Waals surface area contributed by atoms with Crippen molar-refractivity contribution in [3.63, 3.8) is 0 Å². The van der Waals surface area contributed by atoms with Gasteiger partial charge in [-0.2, -0.15) is 5.01 Å². The Morgan fingerprint density at radius 1 is 0.900 bits per heavy atom. The van der Waals surface area contributed by atoms with E-state index in [1.807, 2.05) is 55.5 Å². The van der Waals surface area contributed by atoms with E-state index in [-0.39, 0.29) is 36.6 Å². The number of benzene rings is 3. The van der Waals surface area contributed by atoms with Crippen LogP contribution in [0.15, 0.2) is 107 Å². The molecule has 8 rings (SSSR count). The normalized spacial score (nSPS) is 27.2. The van der Waals surface area contributed by atoms with E-state index in [1.54, 1.807) is 24.3 Å². The molecule has 2 aliphatic carbocycles. The molecule has 50 heavy (non-hydrogen) atoms. The number of amides is 4. The average Bonchev–Trinajstić information content (AvgIpc) is 3.77. The molecule has 6 atom stereocenters. The number of allylic oxidation sites excluding steroid dienone is 2. The number of fused-ring (bicyclic) bond motifs is 4. The highest BCUT2D eigenvalue weighted by Crippen LogP contribution is 2.64. The van der Waals surface area contributed by atoms with Crippen LogP contribution < -0.4 is 10.3 Å². The Balaban J connectivity index is 1.28. The van der Waals surface area contributed by atoms with E-state index in [4.69, 9.17) is 4.42 Å². The summed E-state index contributed by atoms with van der Waals surface area (Å²) in [5.74, 6) is -5.18. The van der Waals surface area contributed by atoms with Crippen LogP contribution in [-0.2, 0) is 31.2 Å². The number of rotatable bonds is 7. The second-order valence-corrected chi connectivity index (χ2v) is 13.3. The summed E-state index contributed by atoms with van der Waals surface area (Å²) >= 11 is 0. The third kappa shape index (κ3) is 4.48. The van der Waals surface area contributed by atoms with E-state index in [1.165, 1.54) is 24.3 Å². The van der Waals surface area contributed by atoms with Crippen molar-refractivity contribution >= 4 is 40.7 Å². The number of aliphatic hydroxyl groups excluding tert-OH is 1. The number of nitrogens with zero attached hydrogens (tertiary/aromatic N) is 3. The number of hydrogen-bond donors (Lipinski definition) is 2. The van der Waals surface area contributed by atoms with E-state index in [0.29, 0.717) is 17.0 Å². The van der Waals surface area contributed by atoms with Crippen molar-refractivity contribution in [2.24, 2.45) is 23.7 Å². The number of non-ortho nitro benzene ring substituents is 1. The Bertz CT molecular complexity index is 2090. The Labute approximate surface area is 286 Å². The molecule has 3 aromatic carbocycles. The van der Waals surface area contributed by atoms with E-state index in [2.05, 4.69) is 5.43 Å². The van der Waals surface area contributed by atoms with Crippen LogP contribution in [0.3, 0.4) is 0 Å². The van der Waals surface area contributed by atoms with Crippen molar-refractivity contribution in [3.05, 3.63) is 135 Å². The number of hydrogen-bond acceptors (Lipinski definition) is 9. The molecule has 2 saturated heterocycles. The number of furan rings is 1. The van der Waals surface area contributed by atoms with Crippen molar-refractivity contribution in [1.82, 2.24) is 5.01 Å². The van der Waals surface area contributed by atoms with Gasteiger partial charge in [0.15, 0.2) is 0 Å². The van der Waals surface area contributed by atoms with Gasteiger partial charge in [-0.25, -0.2) is 0 Å². The largest absolute Gasteiger partial charge is 0.463 e. The second kappa shape index (κ2) is 11.6. The van der Waals surface area contributed by atoms with E-state index in [9.17, 15) is 29.6 Å². The number of imide groups is 2. The summed E-state index contributed by atoms with van der Waals surface area (Å²) in [5.41, 5.74) is 4.50. The lowest BCUT2D eigenvalue weighted by molar-refractivity contribution is -0.384. The SMILES string of the molecule is Cc1ccc(NN2C(=O)[C@@H]3C[C@@H]4C(=CC[C@@H]5C(=O)N(c6ccc([N+](=O)[O-])cc6)C(=O)[C@@H]54)[C@H](c4ccc(CO)o4)[C@]3(c3ccccc3)C2=O)cc1. The number of anilines is 2. The molecular formula is C38H32N4O8. The molecule has 4 aromatic rings. The maximum absolute atomic E-state index is 15.1. The molecule has 1 saturated carbocycles. The molecule has 4 amide bonds. The maximum Gasteiger partial charge on any atom is 0.269 e. The number of nitro benzene ring substituents is 1. The van der Waals surface area contributed by atoms with Gasteiger partial charge in [-0.05, 0) is 67.6 Å². The van der Waals surface area contributed by atoms with Gasteiger partial charge in [-0.3, -0.25) is 39.6 Å². The number of nitro groups is 1. The molecule has 0 spiro atoms. The fourth-order valence-electron chi connectivity index (χ4n) is 8.67. The molecule has 3 heterocycles. The van der Waals surface area contributed by atoms with Crippen LogP contribution in [0.25, 0.3) is 0 Å². The summed E-state index contributed by atoms with van der Waals surface area (Å²) < 4.78 is 6.20. The van der Waals surface area contributed by atoms with Crippen LogP contribution in [0, 0.1) is 40.7 Å². The predicted octanol–water partition coefficient (Wildman–Crippen LogP) is 5.18. The van der Waals surface area contributed by atoms with Gasteiger partial charge >= 0.3 is 0 Å². The first-order chi connectivity index (χ1) is 24.1. The summed E-state index contributed by atoms with van der Waals surface area (Å²) in [6.45, 7) is 1.55. The third-order valence-corrected chi connectivity index (χ3v) is 10.8. The van der Waals surface area contributed by atoms with Crippen molar-refractivity contribution in [1.29, 1.82) is 0 Å². The summed E-state index contributed by atoms with van der Waals surface area (Å²) in [4.78, 5) is 69.8. The van der Waals surface area contributed by atoms with Gasteiger partial charge in [0, 0.05) is 12.1 Å². The number of aryl methyl sites for hydroxylation is 1. The number of nitrogens with one attached hydrogen (secondary N) is 1. The Morgan fingerprint density at radius 3 is 2.28 bits per heavy atom. The minimum atomic E-state index is -1.49. The summed E-state index contributed by atoms with van der Waals surface area (Å²) in [7, 11) is 0. The van der Waals surface area contributed by atoms with Crippen molar-refractivity contribution in [2.45, 2.75) is 37.7 Å². The van der Waals surface area contributed by atoms with E-state index < -0.39 is 63.6 Å². The minimum absolute atomic E-state index is 0.107. The van der Waals surface area contributed by atoms with Crippen LogP contribution in [0.2, 0.25) is 0 Å². The first kappa shape index (κ1) is 31.4. The summed E-state index contributed by atoms with van der Waals surface area (Å²) in [6.07, 6.45) is 2.23. The van der Waals surface area contributed by atoms with Crippen LogP contribution >= 0.6 is 0 Å². The molecule has 252 valence electrons. The molecule has 0 bridgehead atoms. The highest BCUT2D eigenvalue weighted by Gasteiger charge is 2.71. The predicted molar refractivity (Wildman–Crippen MR) is 179 cm³/mol. The zero-order chi connectivity index (χ0) is 34.9. The maximum atomic E-state index is 15.1. The first-order valence-electron chi connectivity index (χ1n) is 16.4. The molecule has 12 nitrogen and oxygen atoms in total. The first-order valence-corrected chi connectivity index (χ1v) is 16.4. The van der Waals surface area contributed by atoms with Gasteiger partial charge in [0.1, 0.15) is 23.5 Å². The highest BCUT2D eigenvalue weighted by molar-refractivity contribution is 6.22. The monoisotopic (exact) mass is 672 g/mol. The molecule has 3 fully saturated rings. The van der Waals surface area contributed by atoms with Crippen molar-refractivity contribution in [3.8, 4) is 0 Å². The lowest BCUT2D eigenvalue weighted by atomic mass is 9.50. The lowest BCUT2D eigenvalue weighted by Gasteiger charge is -2.49. The number of carbonyl (C=O) groups is 4. The number of carbonyl (C=O) groups excluding carboxylic acids is 4. The van der Waals surface area contributed by atoms with Gasteiger partial charge in [-0.1, -0.05) is 59.7 Å². The smallest absolute Gasteiger partial charge is 0.269 e. The highest BCUT2D eigenvalue weighted by atomic mass is 16.6. The molecule has 2 aliphatic heterocycles. The van der Waals surface area contributed by atoms with E-state index >= 15 is 4.79 Å². The quantitative estimate of drug-likeness (QED) is 0.117. The van der Waals surface area contributed by atoms with Gasteiger partial charge < -0.3 is 9.52 Å². The standard InChI is InChI=1S/C38H32N4O8/c1-21-7-9-23(10-8-21)39-41-35(45)30-19-29-27(16-17-28-32(29)36(46)40(34(28)44)24-11-13-25(14-12-24)42(48)49)33(31-18-15-26(20-43)50-31)38(30,37(41)47)22-5-3-2-4-6-22/h2-16,18,28-30,32-33,39,43H,17,19-20H2,1H3/t28-,29+,30-,32-,33+,38+/m0/s1. The zero-order valence-electron chi connectivity index (χ0n) is 26.9.